The summed E-state index contributed by atoms with van der Waals surface area (Å²) in [4.78, 5) is 24.5. The summed E-state index contributed by atoms with van der Waals surface area (Å²) < 4.78 is 25.6. The number of anilines is 1. The topological polar surface area (TPSA) is 107 Å². The number of nitrogens with one attached hydrogen (secondary N) is 2. The third kappa shape index (κ3) is 7.06. The zero-order valence-corrected chi connectivity index (χ0v) is 20.6. The number of thioether (sulfide) groups is 1. The Hall–Kier alpha value is -3.86. The Labute approximate surface area is 206 Å². The first kappa shape index (κ1) is 25.8. The molecule has 3 aromatic rings. The van der Waals surface area contributed by atoms with Crippen LogP contribution in [-0.2, 0) is 23.2 Å². The molecular formula is C24H26FN5O4S. The molecule has 2 N–H and O–H groups in total. The van der Waals surface area contributed by atoms with Crippen LogP contribution in [0.25, 0.3) is 6.08 Å². The lowest BCUT2D eigenvalue weighted by molar-refractivity contribution is -0.116. The SMILES string of the molecule is COc1ccc(C=CC(=O)NCc2nnc(SCC(=O)Nc3cc(F)ccc3C)n2C)cc1OC. The van der Waals surface area contributed by atoms with E-state index >= 15 is 0 Å². The predicted octanol–water partition coefficient (Wildman–Crippen LogP) is 3.34. The van der Waals surface area contributed by atoms with Crippen molar-refractivity contribution in [3.05, 3.63) is 65.2 Å². The van der Waals surface area contributed by atoms with Gasteiger partial charge in [-0.3, -0.25) is 9.59 Å². The van der Waals surface area contributed by atoms with E-state index in [9.17, 15) is 14.0 Å². The maximum Gasteiger partial charge on any atom is 0.244 e. The first-order valence-corrected chi connectivity index (χ1v) is 11.5. The van der Waals surface area contributed by atoms with Gasteiger partial charge in [-0.1, -0.05) is 23.9 Å². The number of methoxy groups -OCH3 is 2. The van der Waals surface area contributed by atoms with Crippen molar-refractivity contribution in [3.8, 4) is 11.5 Å². The van der Waals surface area contributed by atoms with E-state index in [1.165, 1.54) is 30.0 Å². The molecule has 0 aliphatic heterocycles. The molecule has 0 aliphatic rings. The first-order valence-electron chi connectivity index (χ1n) is 10.6. The lowest BCUT2D eigenvalue weighted by Gasteiger charge is -2.08. The molecule has 184 valence electrons. The van der Waals surface area contributed by atoms with Gasteiger partial charge in [-0.05, 0) is 48.4 Å². The van der Waals surface area contributed by atoms with Crippen molar-refractivity contribution in [3.63, 3.8) is 0 Å². The van der Waals surface area contributed by atoms with Crippen molar-refractivity contribution in [1.82, 2.24) is 20.1 Å². The van der Waals surface area contributed by atoms with Crippen molar-refractivity contribution >= 4 is 35.3 Å². The Morgan fingerprint density at radius 3 is 2.63 bits per heavy atom. The zero-order chi connectivity index (χ0) is 25.4. The minimum Gasteiger partial charge on any atom is -0.493 e. The maximum absolute atomic E-state index is 13.4. The number of hydrogen-bond acceptors (Lipinski definition) is 7. The molecule has 0 saturated carbocycles. The van der Waals surface area contributed by atoms with E-state index in [0.717, 1.165) is 11.1 Å². The molecule has 0 aliphatic carbocycles. The molecule has 0 unspecified atom stereocenters. The summed E-state index contributed by atoms with van der Waals surface area (Å²) in [6, 6.07) is 9.55. The van der Waals surface area contributed by atoms with Gasteiger partial charge in [-0.25, -0.2) is 4.39 Å². The number of carbonyl (C=O) groups is 2. The van der Waals surface area contributed by atoms with Crippen LogP contribution < -0.4 is 20.1 Å². The fourth-order valence-electron chi connectivity index (χ4n) is 3.02. The Bertz CT molecular complexity index is 1240. The molecule has 1 aromatic heterocycles. The van der Waals surface area contributed by atoms with Crippen LogP contribution in [0.3, 0.4) is 0 Å². The highest BCUT2D eigenvalue weighted by Crippen LogP contribution is 2.28. The molecule has 0 bridgehead atoms. The summed E-state index contributed by atoms with van der Waals surface area (Å²) in [6.07, 6.45) is 3.07. The summed E-state index contributed by atoms with van der Waals surface area (Å²) in [7, 11) is 4.85. The van der Waals surface area contributed by atoms with Crippen LogP contribution in [-0.4, -0.2) is 46.6 Å². The molecular weight excluding hydrogens is 473 g/mol. The largest absolute Gasteiger partial charge is 0.493 e. The maximum atomic E-state index is 13.4. The third-order valence-corrected chi connectivity index (χ3v) is 6.01. The molecule has 11 heteroatoms. The highest BCUT2D eigenvalue weighted by atomic mass is 32.2. The quantitative estimate of drug-likeness (QED) is 0.325. The smallest absolute Gasteiger partial charge is 0.244 e. The van der Waals surface area contributed by atoms with Gasteiger partial charge in [0, 0.05) is 18.8 Å². The number of halogens is 1. The van der Waals surface area contributed by atoms with Gasteiger partial charge in [-0.15, -0.1) is 10.2 Å². The number of amides is 2. The van der Waals surface area contributed by atoms with Gasteiger partial charge in [0.2, 0.25) is 11.8 Å². The molecule has 0 radical (unpaired) electrons. The molecule has 3 rings (SSSR count). The standard InChI is InChI=1S/C24H26FN5O4S/c1-15-5-8-17(25)12-18(15)27-23(32)14-35-24-29-28-21(30(24)2)13-26-22(31)10-7-16-6-9-19(33-3)20(11-16)34-4/h5-12H,13-14H2,1-4H3,(H,26,31)(H,27,32). The van der Waals surface area contributed by atoms with Gasteiger partial charge in [0.05, 0.1) is 26.5 Å². The van der Waals surface area contributed by atoms with Crippen molar-refractivity contribution in [2.75, 3.05) is 25.3 Å². The van der Waals surface area contributed by atoms with Crippen LogP contribution >= 0.6 is 11.8 Å². The van der Waals surface area contributed by atoms with Gasteiger partial charge in [0.25, 0.3) is 0 Å². The minimum atomic E-state index is -0.419. The lowest BCUT2D eigenvalue weighted by Crippen LogP contribution is -2.22. The third-order valence-electron chi connectivity index (χ3n) is 4.99. The number of ether oxygens (including phenoxy) is 2. The Balaban J connectivity index is 1.51. The number of benzene rings is 2. The van der Waals surface area contributed by atoms with Crippen LogP contribution in [0.1, 0.15) is 17.0 Å². The molecule has 1 heterocycles. The highest BCUT2D eigenvalue weighted by Gasteiger charge is 2.13. The zero-order valence-electron chi connectivity index (χ0n) is 19.8. The minimum absolute atomic E-state index is 0.0718. The van der Waals surface area contributed by atoms with E-state index in [2.05, 4.69) is 20.8 Å². The summed E-state index contributed by atoms with van der Waals surface area (Å²) in [5.41, 5.74) is 1.97. The van der Waals surface area contributed by atoms with E-state index in [-0.39, 0.29) is 24.1 Å². The Morgan fingerprint density at radius 1 is 1.11 bits per heavy atom. The predicted molar refractivity (Wildman–Crippen MR) is 132 cm³/mol. The Morgan fingerprint density at radius 2 is 1.89 bits per heavy atom. The number of carbonyl (C=O) groups excluding carboxylic acids is 2. The number of rotatable bonds is 10. The van der Waals surface area contributed by atoms with Gasteiger partial charge in [0.15, 0.2) is 22.5 Å². The summed E-state index contributed by atoms with van der Waals surface area (Å²) in [6.45, 7) is 1.95. The Kier molecular flexibility index (Phi) is 8.85. The van der Waals surface area contributed by atoms with E-state index in [4.69, 9.17) is 9.47 Å². The van der Waals surface area contributed by atoms with E-state index < -0.39 is 5.82 Å². The van der Waals surface area contributed by atoms with Gasteiger partial charge in [0.1, 0.15) is 5.82 Å². The van der Waals surface area contributed by atoms with Gasteiger partial charge < -0.3 is 24.7 Å². The number of hydrogen-bond donors (Lipinski definition) is 2. The monoisotopic (exact) mass is 499 g/mol. The second kappa shape index (κ2) is 12.0. The van der Waals surface area contributed by atoms with Crippen LogP contribution in [0.15, 0.2) is 47.6 Å². The van der Waals surface area contributed by atoms with Crippen LogP contribution in [0.5, 0.6) is 11.5 Å². The van der Waals surface area contributed by atoms with Crippen LogP contribution in [0.4, 0.5) is 10.1 Å². The average molecular weight is 500 g/mol. The lowest BCUT2D eigenvalue weighted by atomic mass is 10.2. The number of nitrogens with zero attached hydrogens (tertiary/aromatic N) is 3. The van der Waals surface area contributed by atoms with E-state index in [0.29, 0.717) is 28.2 Å². The average Bonchev–Trinajstić information content (AvgIpc) is 3.21. The van der Waals surface area contributed by atoms with Crippen molar-refractivity contribution < 1.29 is 23.5 Å². The molecule has 2 aromatic carbocycles. The van der Waals surface area contributed by atoms with Crippen molar-refractivity contribution in [2.45, 2.75) is 18.6 Å². The molecule has 0 atom stereocenters. The molecule has 0 spiro atoms. The van der Waals surface area contributed by atoms with Gasteiger partial charge >= 0.3 is 0 Å². The highest BCUT2D eigenvalue weighted by molar-refractivity contribution is 7.99. The fraction of sp³-hybridized carbons (Fsp3) is 0.250. The first-order chi connectivity index (χ1) is 16.8. The number of aryl methyl sites for hydroxylation is 1. The van der Waals surface area contributed by atoms with E-state index in [1.54, 1.807) is 57.0 Å². The molecule has 35 heavy (non-hydrogen) atoms. The fourth-order valence-corrected chi connectivity index (χ4v) is 3.75. The molecule has 0 fully saturated rings. The summed E-state index contributed by atoms with van der Waals surface area (Å²) in [5, 5.41) is 14.1. The van der Waals surface area contributed by atoms with Gasteiger partial charge in [-0.2, -0.15) is 0 Å². The second-order valence-electron chi connectivity index (χ2n) is 7.42. The number of aromatic nitrogens is 3. The van der Waals surface area contributed by atoms with Crippen LogP contribution in [0, 0.1) is 12.7 Å². The van der Waals surface area contributed by atoms with Crippen LogP contribution in [0.2, 0.25) is 0 Å². The van der Waals surface area contributed by atoms with E-state index in [1.807, 2.05) is 6.07 Å². The molecule has 9 nitrogen and oxygen atoms in total. The normalized spacial score (nSPS) is 10.9. The second-order valence-corrected chi connectivity index (χ2v) is 8.36. The van der Waals surface area contributed by atoms with Crippen molar-refractivity contribution in [2.24, 2.45) is 7.05 Å². The summed E-state index contributed by atoms with van der Waals surface area (Å²) >= 11 is 1.19. The molecule has 0 saturated heterocycles. The molecule has 2 amide bonds. The van der Waals surface area contributed by atoms with Crippen molar-refractivity contribution in [1.29, 1.82) is 0 Å². The summed E-state index contributed by atoms with van der Waals surface area (Å²) in [5.74, 6) is 0.760.